The van der Waals surface area contributed by atoms with Crippen molar-refractivity contribution in [3.05, 3.63) is 28.3 Å². The first kappa shape index (κ1) is 14.3. The van der Waals surface area contributed by atoms with Gasteiger partial charge in [0.1, 0.15) is 5.75 Å². The predicted octanol–water partition coefficient (Wildman–Crippen LogP) is 2.46. The fourth-order valence-corrected chi connectivity index (χ4v) is 2.01. The SMILES string of the molecule is Cc1cc(Cl)cc(CNCC(C)CCO)c1O. The normalized spacial score (nSPS) is 12.7. The number of hydrogen-bond donors (Lipinski definition) is 3. The van der Waals surface area contributed by atoms with Gasteiger partial charge in [0, 0.05) is 23.7 Å². The fraction of sp³-hybridized carbons (Fsp3) is 0.538. The molecule has 0 spiro atoms. The third kappa shape index (κ3) is 4.54. The van der Waals surface area contributed by atoms with Crippen molar-refractivity contribution in [3.8, 4) is 5.75 Å². The van der Waals surface area contributed by atoms with Crippen molar-refractivity contribution in [2.24, 2.45) is 5.92 Å². The second-order valence-electron chi connectivity index (χ2n) is 4.48. The Kier molecular flexibility index (Phi) is 5.75. The van der Waals surface area contributed by atoms with E-state index in [0.29, 0.717) is 23.2 Å². The van der Waals surface area contributed by atoms with Crippen molar-refractivity contribution >= 4 is 11.6 Å². The van der Waals surface area contributed by atoms with Crippen LogP contribution in [0.15, 0.2) is 12.1 Å². The number of aromatic hydroxyl groups is 1. The molecule has 1 atom stereocenters. The van der Waals surface area contributed by atoms with Gasteiger partial charge in [-0.05, 0) is 43.5 Å². The van der Waals surface area contributed by atoms with Crippen LogP contribution < -0.4 is 5.32 Å². The molecule has 0 heterocycles. The molecule has 1 aromatic rings. The predicted molar refractivity (Wildman–Crippen MR) is 70.4 cm³/mol. The van der Waals surface area contributed by atoms with Crippen molar-refractivity contribution in [1.82, 2.24) is 5.32 Å². The lowest BCUT2D eigenvalue weighted by atomic mass is 10.1. The van der Waals surface area contributed by atoms with E-state index in [9.17, 15) is 5.11 Å². The third-order valence-electron chi connectivity index (χ3n) is 2.77. The van der Waals surface area contributed by atoms with Gasteiger partial charge in [-0.15, -0.1) is 0 Å². The summed E-state index contributed by atoms with van der Waals surface area (Å²) in [5.41, 5.74) is 1.60. The highest BCUT2D eigenvalue weighted by atomic mass is 35.5. The molecule has 0 amide bonds. The Morgan fingerprint density at radius 3 is 2.76 bits per heavy atom. The summed E-state index contributed by atoms with van der Waals surface area (Å²) < 4.78 is 0. The Labute approximate surface area is 107 Å². The number of phenolic OH excluding ortho intramolecular Hbond substituents is 1. The molecule has 0 aliphatic heterocycles. The van der Waals surface area contributed by atoms with Gasteiger partial charge in [0.25, 0.3) is 0 Å². The summed E-state index contributed by atoms with van der Waals surface area (Å²) in [5.74, 6) is 0.721. The lowest BCUT2D eigenvalue weighted by molar-refractivity contribution is 0.260. The van der Waals surface area contributed by atoms with Crippen molar-refractivity contribution in [3.63, 3.8) is 0 Å². The quantitative estimate of drug-likeness (QED) is 0.734. The molecule has 0 aliphatic rings. The molecule has 1 unspecified atom stereocenters. The number of aryl methyl sites for hydroxylation is 1. The number of aliphatic hydroxyl groups excluding tert-OH is 1. The highest BCUT2D eigenvalue weighted by Gasteiger charge is 2.07. The van der Waals surface area contributed by atoms with Gasteiger partial charge in [-0.2, -0.15) is 0 Å². The molecule has 0 saturated carbocycles. The number of rotatable bonds is 6. The second-order valence-corrected chi connectivity index (χ2v) is 4.92. The minimum atomic E-state index is 0.213. The average Bonchev–Trinajstić information content (AvgIpc) is 2.25. The molecule has 4 heteroatoms. The minimum Gasteiger partial charge on any atom is -0.507 e. The van der Waals surface area contributed by atoms with E-state index in [-0.39, 0.29) is 6.61 Å². The largest absolute Gasteiger partial charge is 0.507 e. The van der Waals surface area contributed by atoms with Crippen molar-refractivity contribution in [2.75, 3.05) is 13.2 Å². The number of aliphatic hydroxyl groups is 1. The Balaban J connectivity index is 2.52. The molecule has 0 saturated heterocycles. The molecule has 0 radical (unpaired) electrons. The van der Waals surface area contributed by atoms with E-state index >= 15 is 0 Å². The van der Waals surface area contributed by atoms with Gasteiger partial charge in [0.15, 0.2) is 0 Å². The van der Waals surface area contributed by atoms with Crippen LogP contribution >= 0.6 is 11.6 Å². The van der Waals surface area contributed by atoms with Crippen LogP contribution in [0.2, 0.25) is 5.02 Å². The van der Waals surface area contributed by atoms with E-state index in [2.05, 4.69) is 12.2 Å². The molecule has 0 bridgehead atoms. The molecular formula is C13H20ClNO2. The van der Waals surface area contributed by atoms with Gasteiger partial charge in [0.2, 0.25) is 0 Å². The fourth-order valence-electron chi connectivity index (χ4n) is 1.72. The summed E-state index contributed by atoms with van der Waals surface area (Å²) in [6, 6.07) is 3.52. The summed E-state index contributed by atoms with van der Waals surface area (Å²) in [7, 11) is 0. The van der Waals surface area contributed by atoms with Gasteiger partial charge in [0.05, 0.1) is 0 Å². The van der Waals surface area contributed by atoms with Crippen molar-refractivity contribution < 1.29 is 10.2 Å². The van der Waals surface area contributed by atoms with E-state index in [1.54, 1.807) is 12.1 Å². The van der Waals surface area contributed by atoms with Gasteiger partial charge in [-0.25, -0.2) is 0 Å². The van der Waals surface area contributed by atoms with Crippen LogP contribution in [0.1, 0.15) is 24.5 Å². The van der Waals surface area contributed by atoms with E-state index in [4.69, 9.17) is 16.7 Å². The first-order chi connectivity index (χ1) is 8.04. The Morgan fingerprint density at radius 2 is 2.12 bits per heavy atom. The molecule has 0 aliphatic carbocycles. The summed E-state index contributed by atoms with van der Waals surface area (Å²) >= 11 is 5.94. The molecule has 17 heavy (non-hydrogen) atoms. The Hall–Kier alpha value is -0.770. The maximum Gasteiger partial charge on any atom is 0.123 e. The zero-order chi connectivity index (χ0) is 12.8. The van der Waals surface area contributed by atoms with E-state index in [0.717, 1.165) is 24.1 Å². The molecule has 96 valence electrons. The van der Waals surface area contributed by atoms with Crippen LogP contribution in [0, 0.1) is 12.8 Å². The maximum atomic E-state index is 9.85. The summed E-state index contributed by atoms with van der Waals surface area (Å²) in [6.45, 7) is 5.52. The Bertz CT molecular complexity index is 369. The number of hydrogen-bond acceptors (Lipinski definition) is 3. The molecule has 1 rings (SSSR count). The van der Waals surface area contributed by atoms with Gasteiger partial charge in [-0.1, -0.05) is 18.5 Å². The smallest absolute Gasteiger partial charge is 0.123 e. The summed E-state index contributed by atoms with van der Waals surface area (Å²) in [6.07, 6.45) is 0.785. The number of nitrogens with one attached hydrogen (secondary N) is 1. The minimum absolute atomic E-state index is 0.213. The van der Waals surface area contributed by atoms with Crippen LogP contribution in [-0.2, 0) is 6.54 Å². The molecule has 0 aromatic heterocycles. The number of benzene rings is 1. The highest BCUT2D eigenvalue weighted by molar-refractivity contribution is 6.30. The molecule has 0 fully saturated rings. The zero-order valence-electron chi connectivity index (χ0n) is 10.3. The number of phenols is 1. The van der Waals surface area contributed by atoms with Crippen LogP contribution in [0.4, 0.5) is 0 Å². The standard InChI is InChI=1S/C13H20ClNO2/c1-9(3-4-16)7-15-8-11-6-12(14)5-10(2)13(11)17/h5-6,9,15-17H,3-4,7-8H2,1-2H3. The molecule has 1 aromatic carbocycles. The highest BCUT2D eigenvalue weighted by Crippen LogP contribution is 2.26. The summed E-state index contributed by atoms with van der Waals surface area (Å²) in [4.78, 5) is 0. The topological polar surface area (TPSA) is 52.5 Å². The second kappa shape index (κ2) is 6.84. The van der Waals surface area contributed by atoms with E-state index in [1.165, 1.54) is 0 Å². The summed E-state index contributed by atoms with van der Waals surface area (Å²) in [5, 5.41) is 22.5. The average molecular weight is 258 g/mol. The monoisotopic (exact) mass is 257 g/mol. The van der Waals surface area contributed by atoms with Crippen LogP contribution in [0.5, 0.6) is 5.75 Å². The van der Waals surface area contributed by atoms with Crippen LogP contribution in [-0.4, -0.2) is 23.4 Å². The lowest BCUT2D eigenvalue weighted by Gasteiger charge is -2.13. The van der Waals surface area contributed by atoms with E-state index in [1.807, 2.05) is 6.92 Å². The Morgan fingerprint density at radius 1 is 1.41 bits per heavy atom. The molecule has 3 N–H and O–H groups in total. The maximum absolute atomic E-state index is 9.85. The lowest BCUT2D eigenvalue weighted by Crippen LogP contribution is -2.21. The van der Waals surface area contributed by atoms with Crippen molar-refractivity contribution in [1.29, 1.82) is 0 Å². The van der Waals surface area contributed by atoms with Crippen LogP contribution in [0.3, 0.4) is 0 Å². The zero-order valence-corrected chi connectivity index (χ0v) is 11.1. The third-order valence-corrected chi connectivity index (χ3v) is 2.99. The van der Waals surface area contributed by atoms with Crippen molar-refractivity contribution in [2.45, 2.75) is 26.8 Å². The molecular weight excluding hydrogens is 238 g/mol. The van der Waals surface area contributed by atoms with Crippen LogP contribution in [0.25, 0.3) is 0 Å². The first-order valence-corrected chi connectivity index (χ1v) is 6.22. The van der Waals surface area contributed by atoms with Gasteiger partial charge >= 0.3 is 0 Å². The van der Waals surface area contributed by atoms with Gasteiger partial charge < -0.3 is 15.5 Å². The first-order valence-electron chi connectivity index (χ1n) is 5.84. The number of halogens is 1. The van der Waals surface area contributed by atoms with E-state index < -0.39 is 0 Å². The van der Waals surface area contributed by atoms with Gasteiger partial charge in [-0.3, -0.25) is 0 Å². The molecule has 3 nitrogen and oxygen atoms in total.